The molecule has 0 saturated heterocycles. The minimum absolute atomic E-state index is 0.00351. The molecule has 1 aromatic carbocycles. The SMILES string of the molecule is C=CC(=O)C(C=C)Oc1ccccc1C(=O)O. The van der Waals surface area contributed by atoms with Gasteiger partial charge >= 0.3 is 5.97 Å². The standard InChI is InChI=1S/C13H12O4/c1-3-10(14)11(4-2)17-12-8-6-5-7-9(12)13(15)16/h3-8,11H,1-2H2,(H,15,16). The van der Waals surface area contributed by atoms with E-state index in [1.165, 1.54) is 18.2 Å². The quantitative estimate of drug-likeness (QED) is 0.602. The number of carbonyl (C=O) groups is 2. The number of carboxylic acid groups (broad SMARTS) is 1. The number of hydrogen-bond acceptors (Lipinski definition) is 3. The van der Waals surface area contributed by atoms with E-state index < -0.39 is 12.1 Å². The van der Waals surface area contributed by atoms with Gasteiger partial charge in [-0.3, -0.25) is 4.79 Å². The fourth-order valence-corrected chi connectivity index (χ4v) is 1.22. The number of carbonyl (C=O) groups excluding carboxylic acids is 1. The second kappa shape index (κ2) is 5.65. The summed E-state index contributed by atoms with van der Waals surface area (Å²) >= 11 is 0. The van der Waals surface area contributed by atoms with Gasteiger partial charge in [0.2, 0.25) is 0 Å². The molecule has 4 heteroatoms. The van der Waals surface area contributed by atoms with Gasteiger partial charge < -0.3 is 9.84 Å². The van der Waals surface area contributed by atoms with Crippen LogP contribution in [0.5, 0.6) is 5.75 Å². The van der Waals surface area contributed by atoms with Gasteiger partial charge in [-0.2, -0.15) is 0 Å². The molecule has 0 aliphatic heterocycles. The van der Waals surface area contributed by atoms with Crippen molar-refractivity contribution >= 4 is 11.8 Å². The molecule has 0 spiro atoms. The first kappa shape index (κ1) is 12.7. The van der Waals surface area contributed by atoms with Crippen LogP contribution < -0.4 is 4.74 Å². The fraction of sp³-hybridized carbons (Fsp3) is 0.0769. The smallest absolute Gasteiger partial charge is 0.339 e. The highest BCUT2D eigenvalue weighted by atomic mass is 16.5. The van der Waals surface area contributed by atoms with E-state index in [-0.39, 0.29) is 17.1 Å². The first-order valence-electron chi connectivity index (χ1n) is 4.88. The molecule has 88 valence electrons. The van der Waals surface area contributed by atoms with Crippen molar-refractivity contribution in [2.75, 3.05) is 0 Å². The van der Waals surface area contributed by atoms with Crippen molar-refractivity contribution in [1.29, 1.82) is 0 Å². The molecule has 1 aromatic rings. The third kappa shape index (κ3) is 3.04. The van der Waals surface area contributed by atoms with Gasteiger partial charge in [0.25, 0.3) is 0 Å². The Bertz CT molecular complexity index is 462. The van der Waals surface area contributed by atoms with Crippen molar-refractivity contribution in [3.05, 3.63) is 55.1 Å². The molecule has 1 rings (SSSR count). The molecule has 0 aliphatic rings. The number of rotatable bonds is 6. The lowest BCUT2D eigenvalue weighted by Gasteiger charge is -2.14. The van der Waals surface area contributed by atoms with Crippen LogP contribution in [0.15, 0.2) is 49.6 Å². The molecule has 0 aliphatic carbocycles. The number of ether oxygens (including phenoxy) is 1. The fourth-order valence-electron chi connectivity index (χ4n) is 1.22. The van der Waals surface area contributed by atoms with Gasteiger partial charge in [-0.25, -0.2) is 4.79 Å². The lowest BCUT2D eigenvalue weighted by atomic mass is 10.2. The second-order valence-electron chi connectivity index (χ2n) is 3.18. The molecule has 0 aromatic heterocycles. The Morgan fingerprint density at radius 3 is 2.47 bits per heavy atom. The molecule has 1 N–H and O–H groups in total. The van der Waals surface area contributed by atoms with Gasteiger partial charge in [0, 0.05) is 0 Å². The summed E-state index contributed by atoms with van der Waals surface area (Å²) in [5.41, 5.74) is -0.00351. The first-order chi connectivity index (χ1) is 8.10. The molecule has 0 fully saturated rings. The molecule has 0 heterocycles. The molecular formula is C13H12O4. The molecule has 0 bridgehead atoms. The van der Waals surface area contributed by atoms with Crippen molar-refractivity contribution in [3.63, 3.8) is 0 Å². The predicted octanol–water partition coefficient (Wildman–Crippen LogP) is 2.07. The summed E-state index contributed by atoms with van der Waals surface area (Å²) in [5, 5.41) is 8.94. The van der Waals surface area contributed by atoms with Crippen LogP contribution in [-0.2, 0) is 4.79 Å². The van der Waals surface area contributed by atoms with E-state index in [9.17, 15) is 9.59 Å². The third-order valence-electron chi connectivity index (χ3n) is 2.07. The zero-order chi connectivity index (χ0) is 12.8. The molecule has 1 atom stereocenters. The number of ketones is 1. The van der Waals surface area contributed by atoms with Crippen molar-refractivity contribution in [1.82, 2.24) is 0 Å². The van der Waals surface area contributed by atoms with Crippen molar-refractivity contribution in [2.45, 2.75) is 6.10 Å². The van der Waals surface area contributed by atoms with Crippen LogP contribution >= 0.6 is 0 Å². The molecule has 1 unspecified atom stereocenters. The van der Waals surface area contributed by atoms with Gasteiger partial charge in [0.15, 0.2) is 11.9 Å². The normalized spacial score (nSPS) is 11.3. The average Bonchev–Trinajstić information content (AvgIpc) is 2.35. The van der Waals surface area contributed by atoms with E-state index >= 15 is 0 Å². The molecule has 17 heavy (non-hydrogen) atoms. The van der Waals surface area contributed by atoms with Crippen molar-refractivity contribution in [2.24, 2.45) is 0 Å². The zero-order valence-electron chi connectivity index (χ0n) is 9.13. The van der Waals surface area contributed by atoms with Crippen LogP contribution in [0.1, 0.15) is 10.4 Å². The maximum Gasteiger partial charge on any atom is 0.339 e. The summed E-state index contributed by atoms with van der Waals surface area (Å²) in [5.74, 6) is -1.37. The maximum absolute atomic E-state index is 11.4. The van der Waals surface area contributed by atoms with Crippen molar-refractivity contribution < 1.29 is 19.4 Å². The molecular weight excluding hydrogens is 220 g/mol. The summed E-state index contributed by atoms with van der Waals surface area (Å²) in [6.07, 6.45) is 1.48. The summed E-state index contributed by atoms with van der Waals surface area (Å²) in [6.45, 7) is 6.79. The van der Waals surface area contributed by atoms with Crippen LogP contribution in [0.25, 0.3) is 0 Å². The topological polar surface area (TPSA) is 63.6 Å². The predicted molar refractivity (Wildman–Crippen MR) is 63.2 cm³/mol. The van der Waals surface area contributed by atoms with Crippen molar-refractivity contribution in [3.8, 4) is 5.75 Å². The Balaban J connectivity index is 3.01. The summed E-state index contributed by atoms with van der Waals surface area (Å²) < 4.78 is 5.29. The number of hydrogen-bond donors (Lipinski definition) is 1. The molecule has 0 saturated carbocycles. The van der Waals surface area contributed by atoms with E-state index in [2.05, 4.69) is 13.2 Å². The van der Waals surface area contributed by atoms with Crippen LogP contribution in [0.2, 0.25) is 0 Å². The Labute approximate surface area is 98.8 Å². The largest absolute Gasteiger partial charge is 0.478 e. The number of benzene rings is 1. The average molecular weight is 232 g/mol. The van der Waals surface area contributed by atoms with Crippen LogP contribution in [0.4, 0.5) is 0 Å². The Morgan fingerprint density at radius 2 is 1.94 bits per heavy atom. The number of aromatic carboxylic acids is 1. The highest BCUT2D eigenvalue weighted by Gasteiger charge is 2.17. The van der Waals surface area contributed by atoms with Gasteiger partial charge in [-0.15, -0.1) is 0 Å². The van der Waals surface area contributed by atoms with E-state index in [1.807, 2.05) is 0 Å². The van der Waals surface area contributed by atoms with Gasteiger partial charge in [-0.05, 0) is 24.3 Å². The van der Waals surface area contributed by atoms with Crippen LogP contribution in [0.3, 0.4) is 0 Å². The molecule has 4 nitrogen and oxygen atoms in total. The van der Waals surface area contributed by atoms with Crippen LogP contribution in [0, 0.1) is 0 Å². The van der Waals surface area contributed by atoms with Crippen LogP contribution in [-0.4, -0.2) is 23.0 Å². The Kier molecular flexibility index (Phi) is 4.22. The monoisotopic (exact) mass is 232 g/mol. The summed E-state index contributed by atoms with van der Waals surface area (Å²) in [7, 11) is 0. The number of carboxylic acids is 1. The third-order valence-corrected chi connectivity index (χ3v) is 2.07. The highest BCUT2D eigenvalue weighted by Crippen LogP contribution is 2.19. The number of para-hydroxylation sites is 1. The minimum Gasteiger partial charge on any atom is -0.478 e. The van der Waals surface area contributed by atoms with E-state index in [1.54, 1.807) is 12.1 Å². The van der Waals surface area contributed by atoms with Gasteiger partial charge in [-0.1, -0.05) is 25.3 Å². The zero-order valence-corrected chi connectivity index (χ0v) is 9.13. The Morgan fingerprint density at radius 1 is 1.29 bits per heavy atom. The molecule has 0 radical (unpaired) electrons. The minimum atomic E-state index is -1.12. The summed E-state index contributed by atoms with van der Waals surface area (Å²) in [4.78, 5) is 22.3. The van der Waals surface area contributed by atoms with Gasteiger partial charge in [0.05, 0.1) is 0 Å². The lowest BCUT2D eigenvalue weighted by molar-refractivity contribution is -0.119. The van der Waals surface area contributed by atoms with Gasteiger partial charge in [0.1, 0.15) is 11.3 Å². The highest BCUT2D eigenvalue weighted by molar-refractivity contribution is 5.95. The van der Waals surface area contributed by atoms with E-state index in [0.717, 1.165) is 6.08 Å². The summed E-state index contributed by atoms with van der Waals surface area (Å²) in [6, 6.07) is 6.08. The second-order valence-corrected chi connectivity index (χ2v) is 3.18. The first-order valence-corrected chi connectivity index (χ1v) is 4.88. The maximum atomic E-state index is 11.4. The van der Waals surface area contributed by atoms with E-state index in [4.69, 9.17) is 9.84 Å². The Hall–Kier alpha value is -2.36. The molecule has 0 amide bonds. The lowest BCUT2D eigenvalue weighted by Crippen LogP contribution is -2.23. The van der Waals surface area contributed by atoms with E-state index in [0.29, 0.717) is 0 Å².